The first-order valence-electron chi connectivity index (χ1n) is 21.0. The third kappa shape index (κ3) is 11.9. The number of ether oxygens (including phenoxy) is 3. The number of carbonyl (C=O) groups is 5. The van der Waals surface area contributed by atoms with Crippen LogP contribution in [0.15, 0.2) is 115 Å². The smallest absolute Gasteiger partial charge is 0.408 e. The van der Waals surface area contributed by atoms with E-state index in [1.807, 2.05) is 49.3 Å². The van der Waals surface area contributed by atoms with E-state index in [0.29, 0.717) is 34.6 Å². The molecular formula is C47H55N7O10S. The number of nitrogens with one attached hydrogen (secondary N) is 4. The molecule has 18 heteroatoms. The zero-order chi connectivity index (χ0) is 47.1. The molecule has 6 rings (SSSR count). The van der Waals surface area contributed by atoms with Gasteiger partial charge in [-0.15, -0.1) is 6.58 Å². The van der Waals surface area contributed by atoms with Gasteiger partial charge in [0, 0.05) is 54.6 Å². The molecule has 4 aromatic rings. The lowest BCUT2D eigenvalue weighted by molar-refractivity contribution is -0.141. The number of methoxy groups -OCH3 is 1. The number of nitrogens with zero attached hydrogens (tertiary/aromatic N) is 3. The number of fused-ring (bicyclic) bond motifs is 1. The van der Waals surface area contributed by atoms with Gasteiger partial charge in [-0.3, -0.25) is 19.2 Å². The Hall–Kier alpha value is -6.79. The fourth-order valence-corrected chi connectivity index (χ4v) is 8.46. The maximum Gasteiger partial charge on any atom is 0.408 e. The van der Waals surface area contributed by atoms with E-state index in [0.717, 1.165) is 5.56 Å². The van der Waals surface area contributed by atoms with Crippen molar-refractivity contribution in [2.45, 2.75) is 67.8 Å². The number of aromatic nitrogens is 1. The summed E-state index contributed by atoms with van der Waals surface area (Å²) in [6.07, 6.45) is 2.51. The number of pyridine rings is 1. The lowest BCUT2D eigenvalue weighted by Gasteiger charge is -2.30. The van der Waals surface area contributed by atoms with E-state index in [1.54, 1.807) is 64.3 Å². The molecule has 1 aliphatic heterocycles. The molecule has 0 spiro atoms. The summed E-state index contributed by atoms with van der Waals surface area (Å²) < 4.78 is 46.3. The number of likely N-dealkylation sites (tertiary alicyclic amines) is 1. The second-order valence-corrected chi connectivity index (χ2v) is 18.8. The summed E-state index contributed by atoms with van der Waals surface area (Å²) in [6.45, 7) is 8.63. The van der Waals surface area contributed by atoms with Crippen molar-refractivity contribution in [3.8, 4) is 22.8 Å². The molecule has 0 bridgehead atoms. The Bertz CT molecular complexity index is 2570. The van der Waals surface area contributed by atoms with Crippen LogP contribution in [0.2, 0.25) is 0 Å². The molecule has 5 atom stereocenters. The number of sulfonamides is 1. The van der Waals surface area contributed by atoms with Gasteiger partial charge in [0.25, 0.3) is 15.9 Å². The Labute approximate surface area is 378 Å². The molecule has 2 fully saturated rings. The predicted octanol–water partition coefficient (Wildman–Crippen LogP) is 3.95. The first-order valence-corrected chi connectivity index (χ1v) is 22.5. The van der Waals surface area contributed by atoms with Crippen molar-refractivity contribution in [1.29, 1.82) is 0 Å². The van der Waals surface area contributed by atoms with Crippen LogP contribution in [-0.2, 0) is 33.9 Å². The maximum absolute atomic E-state index is 14.8. The molecule has 5 amide bonds. The third-order valence-electron chi connectivity index (χ3n) is 10.7. The molecule has 344 valence electrons. The standard InChI is InChI=1S/C47H55N7O10S/c1-8-31-27-47(31,44(58)52-65(60,61)34-18-13-10-14-19-34)51-42(56)39-25-33(63-40-26-36(30-16-11-9-12-17-30)49-37-24-32(62-7)21-22-35(37)40)29-54(39)43(57)38(50-45(59)64-46(2,3)4)28-48-41(55)20-15-23-53(5)6/h8-22,24,26,31,33,38-39H,1,23,25,27-29H2,2-7H3,(H,48,55)(H,50,59)(H,51,56)(H,52,58)/b20-15+/t31-,33-,38+,39+,47-/m1/s1. The Kier molecular flexibility index (Phi) is 14.6. The van der Waals surface area contributed by atoms with Crippen LogP contribution in [0, 0.1) is 5.92 Å². The summed E-state index contributed by atoms with van der Waals surface area (Å²) in [4.78, 5) is 77.3. The fraction of sp³-hybridized carbons (Fsp3) is 0.362. The third-order valence-corrected chi connectivity index (χ3v) is 12.1. The molecule has 65 heavy (non-hydrogen) atoms. The number of hydrogen-bond acceptors (Lipinski definition) is 12. The Balaban J connectivity index is 1.35. The summed E-state index contributed by atoms with van der Waals surface area (Å²) in [6, 6.07) is 21.0. The summed E-state index contributed by atoms with van der Waals surface area (Å²) in [5.74, 6) is -2.77. The van der Waals surface area contributed by atoms with E-state index < -0.39 is 75.0 Å². The van der Waals surface area contributed by atoms with Crippen molar-refractivity contribution >= 4 is 50.6 Å². The average molecular weight is 910 g/mol. The van der Waals surface area contributed by atoms with Crippen LogP contribution in [0.1, 0.15) is 33.6 Å². The van der Waals surface area contributed by atoms with E-state index in [4.69, 9.17) is 19.2 Å². The molecule has 1 aromatic heterocycles. The van der Waals surface area contributed by atoms with Crippen LogP contribution in [0.4, 0.5) is 4.79 Å². The minimum atomic E-state index is -4.34. The largest absolute Gasteiger partial charge is 0.497 e. The van der Waals surface area contributed by atoms with Gasteiger partial charge in [0.2, 0.25) is 17.7 Å². The lowest BCUT2D eigenvalue weighted by Crippen LogP contribution is -2.59. The van der Waals surface area contributed by atoms with Crippen molar-refractivity contribution in [2.24, 2.45) is 5.92 Å². The monoisotopic (exact) mass is 909 g/mol. The number of hydrogen-bond donors (Lipinski definition) is 4. The zero-order valence-corrected chi connectivity index (χ0v) is 38.0. The highest BCUT2D eigenvalue weighted by Gasteiger charge is 2.61. The number of benzene rings is 3. The highest BCUT2D eigenvalue weighted by Crippen LogP contribution is 2.45. The van der Waals surface area contributed by atoms with Crippen LogP contribution >= 0.6 is 0 Å². The Morgan fingerprint density at radius 1 is 1.00 bits per heavy atom. The number of amides is 5. The van der Waals surface area contributed by atoms with Gasteiger partial charge in [-0.2, -0.15) is 0 Å². The normalized spacial score (nSPS) is 19.9. The highest BCUT2D eigenvalue weighted by molar-refractivity contribution is 7.90. The number of alkyl carbamates (subject to hydrolysis) is 1. The second-order valence-electron chi connectivity index (χ2n) is 17.1. The van der Waals surface area contributed by atoms with E-state index in [-0.39, 0.29) is 30.8 Å². The molecule has 4 N–H and O–H groups in total. The van der Waals surface area contributed by atoms with E-state index in [1.165, 1.54) is 41.3 Å². The van der Waals surface area contributed by atoms with Crippen molar-refractivity contribution in [1.82, 2.24) is 35.5 Å². The zero-order valence-electron chi connectivity index (χ0n) is 37.2. The number of carbonyl (C=O) groups excluding carboxylic acids is 5. The molecule has 0 unspecified atom stereocenters. The van der Waals surface area contributed by atoms with E-state index >= 15 is 0 Å². The van der Waals surface area contributed by atoms with Gasteiger partial charge in [0.1, 0.15) is 40.8 Å². The van der Waals surface area contributed by atoms with E-state index in [2.05, 4.69) is 27.3 Å². The van der Waals surface area contributed by atoms with Crippen molar-refractivity contribution in [2.75, 3.05) is 40.8 Å². The average Bonchev–Trinajstić information content (AvgIpc) is 3.83. The first kappa shape index (κ1) is 47.7. The second kappa shape index (κ2) is 19.9. The van der Waals surface area contributed by atoms with E-state index in [9.17, 15) is 32.4 Å². The van der Waals surface area contributed by atoms with Gasteiger partial charge >= 0.3 is 6.09 Å². The molecule has 17 nitrogen and oxygen atoms in total. The molecule has 0 radical (unpaired) electrons. The summed E-state index contributed by atoms with van der Waals surface area (Å²) >= 11 is 0. The minimum Gasteiger partial charge on any atom is -0.497 e. The van der Waals surface area contributed by atoms with Gasteiger partial charge < -0.3 is 40.0 Å². The number of likely N-dealkylation sites (N-methyl/N-ethyl adjacent to an activating group) is 1. The van der Waals surface area contributed by atoms with Crippen LogP contribution in [-0.4, -0.2) is 123 Å². The molecular weight excluding hydrogens is 855 g/mol. The molecule has 1 saturated heterocycles. The van der Waals surface area contributed by atoms with Crippen LogP contribution in [0.3, 0.4) is 0 Å². The van der Waals surface area contributed by atoms with Crippen molar-refractivity contribution in [3.63, 3.8) is 0 Å². The number of rotatable bonds is 17. The summed E-state index contributed by atoms with van der Waals surface area (Å²) in [7, 11) is 0.870. The quantitative estimate of drug-likeness (QED) is 0.0876. The maximum atomic E-state index is 14.8. The Morgan fingerprint density at radius 3 is 2.32 bits per heavy atom. The molecule has 1 saturated carbocycles. The summed E-state index contributed by atoms with van der Waals surface area (Å²) in [5, 5.41) is 8.60. The van der Waals surface area contributed by atoms with Gasteiger partial charge in [0.15, 0.2) is 0 Å². The molecule has 1 aliphatic carbocycles. The first-order chi connectivity index (χ1) is 30.8. The molecule has 2 heterocycles. The predicted molar refractivity (Wildman–Crippen MR) is 243 cm³/mol. The van der Waals surface area contributed by atoms with Crippen LogP contribution in [0.25, 0.3) is 22.2 Å². The fourth-order valence-electron chi connectivity index (χ4n) is 7.40. The van der Waals surface area contributed by atoms with Crippen molar-refractivity contribution in [3.05, 3.63) is 110 Å². The molecule has 3 aromatic carbocycles. The van der Waals surface area contributed by atoms with Gasteiger partial charge in [-0.05, 0) is 65.6 Å². The van der Waals surface area contributed by atoms with Gasteiger partial charge in [-0.1, -0.05) is 60.7 Å². The van der Waals surface area contributed by atoms with Crippen LogP contribution in [0.5, 0.6) is 11.5 Å². The van der Waals surface area contributed by atoms with Gasteiger partial charge in [-0.25, -0.2) is 22.9 Å². The molecule has 2 aliphatic rings. The minimum absolute atomic E-state index is 0.0317. The van der Waals surface area contributed by atoms with Crippen molar-refractivity contribution < 1.29 is 46.6 Å². The Morgan fingerprint density at radius 2 is 1.69 bits per heavy atom. The SMILES string of the molecule is C=C[C@@H]1C[C@]1(NC(=O)[C@@H]1C[C@@H](Oc2cc(-c3ccccc3)nc3cc(OC)ccc23)CN1C(=O)[C@H](CNC(=O)/C=C/CN(C)C)NC(=O)OC(C)(C)C)C(=O)NS(=O)(=O)c1ccccc1. The van der Waals surface area contributed by atoms with Crippen LogP contribution < -0.4 is 30.1 Å². The highest BCUT2D eigenvalue weighted by atomic mass is 32.2. The van der Waals surface area contributed by atoms with Gasteiger partial charge in [0.05, 0.1) is 29.8 Å². The summed E-state index contributed by atoms with van der Waals surface area (Å²) in [5.41, 5.74) is -0.728. The lowest BCUT2D eigenvalue weighted by atomic mass is 10.1. The topological polar surface area (TPSA) is 215 Å².